The molecule has 3 nitrogen and oxygen atoms in total. The maximum Gasteiger partial charge on any atom is 0.115 e. The molecule has 1 N–H and O–H groups in total. The molecule has 104 valence electrons. The third-order valence-electron chi connectivity index (χ3n) is 3.69. The summed E-state index contributed by atoms with van der Waals surface area (Å²) in [5.41, 5.74) is 3.51. The summed E-state index contributed by atoms with van der Waals surface area (Å²) in [4.78, 5) is 2.25. The molecule has 1 atom stereocenters. The molecule has 0 fully saturated rings. The highest BCUT2D eigenvalue weighted by molar-refractivity contribution is 5.38. The molecule has 1 aliphatic rings. The highest BCUT2D eigenvalue weighted by Crippen LogP contribution is 2.31. The van der Waals surface area contributed by atoms with Gasteiger partial charge in [-0.3, -0.25) is 4.90 Å². The highest BCUT2D eigenvalue weighted by Gasteiger charge is 2.24. The molecule has 0 spiro atoms. The molecule has 0 amide bonds. The smallest absolute Gasteiger partial charge is 0.115 e. The molecule has 0 saturated heterocycles. The minimum atomic E-state index is 0.0102. The fraction of sp³-hybridized carbons (Fsp3) is 0.294. The first-order chi connectivity index (χ1) is 9.72. The van der Waals surface area contributed by atoms with Crippen LogP contribution in [0.25, 0.3) is 0 Å². The number of aromatic hydroxyl groups is 1. The molecule has 3 rings (SSSR count). The zero-order valence-electron chi connectivity index (χ0n) is 11.6. The van der Waals surface area contributed by atoms with Crippen molar-refractivity contribution in [2.24, 2.45) is 0 Å². The van der Waals surface area contributed by atoms with Crippen molar-refractivity contribution in [2.75, 3.05) is 13.6 Å². The number of ether oxygens (including phenoxy) is 1. The molecule has 1 heterocycles. The molecule has 3 heteroatoms. The van der Waals surface area contributed by atoms with E-state index in [-0.39, 0.29) is 6.10 Å². The van der Waals surface area contributed by atoms with Gasteiger partial charge in [-0.15, -0.1) is 0 Å². The SMILES string of the molecule is CN1Cc2ccc(O)cc2[C@@H](OCc2ccccc2)C1. The maximum absolute atomic E-state index is 9.69. The third-order valence-corrected chi connectivity index (χ3v) is 3.69. The Morgan fingerprint density at radius 2 is 2.00 bits per heavy atom. The number of phenolic OH excluding ortho intramolecular Hbond substituents is 1. The van der Waals surface area contributed by atoms with E-state index in [2.05, 4.69) is 24.1 Å². The molecule has 1 aliphatic heterocycles. The molecule has 0 aromatic heterocycles. The van der Waals surface area contributed by atoms with E-state index in [1.165, 1.54) is 11.1 Å². The van der Waals surface area contributed by atoms with Crippen LogP contribution in [0.15, 0.2) is 48.5 Å². The van der Waals surface area contributed by atoms with Crippen molar-refractivity contribution in [3.05, 3.63) is 65.2 Å². The van der Waals surface area contributed by atoms with Crippen LogP contribution in [-0.4, -0.2) is 23.6 Å². The molecule has 0 aliphatic carbocycles. The summed E-state index contributed by atoms with van der Waals surface area (Å²) in [6, 6.07) is 15.7. The zero-order valence-corrected chi connectivity index (χ0v) is 11.6. The molecule has 0 bridgehead atoms. The Morgan fingerprint density at radius 3 is 2.80 bits per heavy atom. The fourth-order valence-electron chi connectivity index (χ4n) is 2.68. The number of fused-ring (bicyclic) bond motifs is 1. The van der Waals surface area contributed by atoms with E-state index in [9.17, 15) is 5.11 Å². The van der Waals surface area contributed by atoms with Crippen molar-refractivity contribution >= 4 is 0 Å². The van der Waals surface area contributed by atoms with Crippen molar-refractivity contribution in [3.8, 4) is 5.75 Å². The van der Waals surface area contributed by atoms with Crippen molar-refractivity contribution < 1.29 is 9.84 Å². The lowest BCUT2D eigenvalue weighted by Gasteiger charge is -2.32. The van der Waals surface area contributed by atoms with E-state index in [1.807, 2.05) is 30.3 Å². The summed E-state index contributed by atoms with van der Waals surface area (Å²) in [6.45, 7) is 2.35. The van der Waals surface area contributed by atoms with Crippen LogP contribution in [0.1, 0.15) is 22.8 Å². The summed E-state index contributed by atoms with van der Waals surface area (Å²) in [5.74, 6) is 0.307. The highest BCUT2D eigenvalue weighted by atomic mass is 16.5. The van der Waals surface area contributed by atoms with Crippen molar-refractivity contribution in [3.63, 3.8) is 0 Å². The van der Waals surface area contributed by atoms with Crippen molar-refractivity contribution in [1.82, 2.24) is 4.90 Å². The second-order valence-electron chi connectivity index (χ2n) is 5.37. The van der Waals surface area contributed by atoms with E-state index < -0.39 is 0 Å². The van der Waals surface area contributed by atoms with Gasteiger partial charge in [0.05, 0.1) is 12.7 Å². The number of rotatable bonds is 3. The number of benzene rings is 2. The first-order valence-electron chi connectivity index (χ1n) is 6.88. The summed E-state index contributed by atoms with van der Waals surface area (Å²) in [6.07, 6.45) is 0.0102. The van der Waals surface area contributed by atoms with Gasteiger partial charge >= 0.3 is 0 Å². The van der Waals surface area contributed by atoms with Gasteiger partial charge in [-0.25, -0.2) is 0 Å². The standard InChI is InChI=1S/C17H19NO2/c1-18-10-14-7-8-15(19)9-16(14)17(11-18)20-12-13-5-3-2-4-6-13/h2-9,17,19H,10-12H2,1H3/t17-/m0/s1. The number of hydrogen-bond donors (Lipinski definition) is 1. The lowest BCUT2D eigenvalue weighted by Crippen LogP contribution is -2.31. The monoisotopic (exact) mass is 269 g/mol. The second kappa shape index (κ2) is 5.65. The van der Waals surface area contributed by atoms with Gasteiger partial charge in [0.2, 0.25) is 0 Å². The van der Waals surface area contributed by atoms with Gasteiger partial charge in [0.15, 0.2) is 0 Å². The maximum atomic E-state index is 9.69. The minimum absolute atomic E-state index is 0.0102. The van der Waals surface area contributed by atoms with Gasteiger partial charge in [-0.05, 0) is 35.9 Å². The number of likely N-dealkylation sites (N-methyl/N-ethyl adjacent to an activating group) is 1. The van der Waals surface area contributed by atoms with Crippen LogP contribution >= 0.6 is 0 Å². The molecule has 2 aromatic rings. The number of hydrogen-bond acceptors (Lipinski definition) is 3. The van der Waals surface area contributed by atoms with E-state index in [4.69, 9.17) is 4.74 Å². The average molecular weight is 269 g/mol. The van der Waals surface area contributed by atoms with Crippen LogP contribution in [-0.2, 0) is 17.9 Å². The van der Waals surface area contributed by atoms with Gasteiger partial charge in [-0.2, -0.15) is 0 Å². The first-order valence-corrected chi connectivity index (χ1v) is 6.88. The van der Waals surface area contributed by atoms with Crippen LogP contribution in [0, 0.1) is 0 Å². The molecule has 2 aromatic carbocycles. The predicted octanol–water partition coefficient (Wildman–Crippen LogP) is 3.10. The number of phenols is 1. The van der Waals surface area contributed by atoms with Crippen molar-refractivity contribution in [1.29, 1.82) is 0 Å². The van der Waals surface area contributed by atoms with E-state index >= 15 is 0 Å². The molecule has 0 saturated carbocycles. The summed E-state index contributed by atoms with van der Waals surface area (Å²) >= 11 is 0. The molecule has 0 radical (unpaired) electrons. The Hall–Kier alpha value is -1.84. The second-order valence-corrected chi connectivity index (χ2v) is 5.37. The van der Waals surface area contributed by atoms with Gasteiger partial charge < -0.3 is 9.84 Å². The van der Waals surface area contributed by atoms with Crippen LogP contribution in [0.2, 0.25) is 0 Å². The Labute approximate surface area is 119 Å². The fourth-order valence-corrected chi connectivity index (χ4v) is 2.68. The van der Waals surface area contributed by atoms with Gasteiger partial charge in [0.25, 0.3) is 0 Å². The lowest BCUT2D eigenvalue weighted by molar-refractivity contribution is 0.00837. The Kier molecular flexibility index (Phi) is 3.72. The quantitative estimate of drug-likeness (QED) is 0.929. The molecule has 20 heavy (non-hydrogen) atoms. The van der Waals surface area contributed by atoms with Crippen molar-refractivity contribution in [2.45, 2.75) is 19.3 Å². The van der Waals surface area contributed by atoms with E-state index in [0.717, 1.165) is 18.7 Å². The molecular weight excluding hydrogens is 250 g/mol. The molecule has 0 unspecified atom stereocenters. The van der Waals surface area contributed by atoms with Crippen LogP contribution in [0.5, 0.6) is 5.75 Å². The Balaban J connectivity index is 1.78. The summed E-state index contributed by atoms with van der Waals surface area (Å²) < 4.78 is 6.07. The first kappa shape index (κ1) is 13.2. The van der Waals surface area contributed by atoms with Gasteiger partial charge in [-0.1, -0.05) is 36.4 Å². The predicted molar refractivity (Wildman–Crippen MR) is 78.4 cm³/mol. The normalized spacial score (nSPS) is 18.8. The van der Waals surface area contributed by atoms with E-state index in [0.29, 0.717) is 12.4 Å². The van der Waals surface area contributed by atoms with E-state index in [1.54, 1.807) is 6.07 Å². The largest absolute Gasteiger partial charge is 0.508 e. The van der Waals surface area contributed by atoms with Gasteiger partial charge in [0, 0.05) is 13.1 Å². The Bertz CT molecular complexity index is 583. The lowest BCUT2D eigenvalue weighted by atomic mass is 9.97. The summed E-state index contributed by atoms with van der Waals surface area (Å²) in [7, 11) is 2.09. The van der Waals surface area contributed by atoms with Crippen LogP contribution < -0.4 is 0 Å². The zero-order chi connectivity index (χ0) is 13.9. The third kappa shape index (κ3) is 2.84. The summed E-state index contributed by atoms with van der Waals surface area (Å²) in [5, 5.41) is 9.69. The molecular formula is C17H19NO2. The van der Waals surface area contributed by atoms with Crippen LogP contribution in [0.4, 0.5) is 0 Å². The van der Waals surface area contributed by atoms with Gasteiger partial charge in [0.1, 0.15) is 5.75 Å². The minimum Gasteiger partial charge on any atom is -0.508 e. The Morgan fingerprint density at radius 1 is 1.20 bits per heavy atom. The average Bonchev–Trinajstić information content (AvgIpc) is 2.46. The van der Waals surface area contributed by atoms with Crippen LogP contribution in [0.3, 0.4) is 0 Å². The number of nitrogens with zero attached hydrogens (tertiary/aromatic N) is 1. The topological polar surface area (TPSA) is 32.7 Å².